The van der Waals surface area contributed by atoms with E-state index in [1.54, 1.807) is 0 Å². The van der Waals surface area contributed by atoms with Crippen LogP contribution in [-0.4, -0.2) is 46.9 Å². The average Bonchev–Trinajstić information content (AvgIpc) is 3.25. The molecule has 61 heavy (non-hydrogen) atoms. The number of unbranched alkanes of at least 4 members (excludes halogenated alkanes) is 30. The first-order chi connectivity index (χ1) is 30.0. The summed E-state index contributed by atoms with van der Waals surface area (Å²) in [4.78, 5) is 26.1. The molecule has 1 amide bonds. The molecule has 0 aromatic heterocycles. The molecule has 0 aromatic carbocycles. The molecular weight excluding hydrogens is 755 g/mol. The van der Waals surface area contributed by atoms with Gasteiger partial charge in [-0.1, -0.05) is 249 Å². The van der Waals surface area contributed by atoms with E-state index in [9.17, 15) is 19.8 Å². The van der Waals surface area contributed by atoms with Gasteiger partial charge in [-0.25, -0.2) is 0 Å². The Hall–Kier alpha value is -2.18. The van der Waals surface area contributed by atoms with E-state index in [2.05, 4.69) is 74.7 Å². The quantitative estimate of drug-likeness (QED) is 0.0322. The Morgan fingerprint density at radius 2 is 0.836 bits per heavy atom. The smallest absolute Gasteiger partial charge is 0.306 e. The molecule has 0 heterocycles. The van der Waals surface area contributed by atoms with Crippen LogP contribution in [0.1, 0.15) is 265 Å². The lowest BCUT2D eigenvalue weighted by Crippen LogP contribution is -2.46. The third kappa shape index (κ3) is 44.2. The predicted octanol–water partition coefficient (Wildman–Crippen LogP) is 15.8. The topological polar surface area (TPSA) is 95.9 Å². The Bertz CT molecular complexity index is 1050. The van der Waals surface area contributed by atoms with Crippen LogP contribution in [0.5, 0.6) is 0 Å². The molecule has 0 aliphatic carbocycles. The maximum Gasteiger partial charge on any atom is 0.306 e. The van der Waals surface area contributed by atoms with Crippen molar-refractivity contribution in [3.63, 3.8) is 0 Å². The monoisotopic (exact) mass is 856 g/mol. The van der Waals surface area contributed by atoms with E-state index in [1.165, 1.54) is 148 Å². The summed E-state index contributed by atoms with van der Waals surface area (Å²) in [6, 6.07) is -0.712. The highest BCUT2D eigenvalue weighted by atomic mass is 16.5. The predicted molar refractivity (Wildman–Crippen MR) is 264 cm³/mol. The lowest BCUT2D eigenvalue weighted by Gasteiger charge is -2.24. The van der Waals surface area contributed by atoms with Crippen LogP contribution in [0, 0.1) is 0 Å². The maximum absolute atomic E-state index is 13.2. The molecule has 0 fully saturated rings. The first-order valence-electron chi connectivity index (χ1n) is 26.4. The van der Waals surface area contributed by atoms with E-state index in [1.807, 2.05) is 0 Å². The van der Waals surface area contributed by atoms with Crippen molar-refractivity contribution in [1.82, 2.24) is 5.32 Å². The molecule has 0 aliphatic rings. The van der Waals surface area contributed by atoms with Gasteiger partial charge in [0.05, 0.1) is 25.2 Å². The van der Waals surface area contributed by atoms with Crippen LogP contribution in [0.4, 0.5) is 0 Å². The SMILES string of the molecule is CCCCC/C=C/C=C/C=C/C=C/CCCCCC(CC(=O)NC(CO)C(O)CCCCCCCCCCCC)OC(=O)CCCCCCCCCCCCCCCCCC. The van der Waals surface area contributed by atoms with E-state index >= 15 is 0 Å². The summed E-state index contributed by atoms with van der Waals surface area (Å²) >= 11 is 0. The normalized spacial score (nSPS) is 13.6. The summed E-state index contributed by atoms with van der Waals surface area (Å²) in [6.07, 6.45) is 58.8. The number of carbonyl (C=O) groups is 2. The number of amides is 1. The standard InChI is InChI=1S/C55H101NO5/c1-4-7-10-13-16-19-22-24-26-28-30-32-34-37-40-43-46-51(49-54(59)56-52(50-57)53(58)47-44-41-38-35-21-18-15-12-9-6-3)61-55(60)48-45-42-39-36-33-31-29-27-25-23-20-17-14-11-8-5-2/h16,19,22,24,26,28,30,32,51-53,57-58H,4-15,17-18,20-21,23,25,27,29,31,33-50H2,1-3H3,(H,56,59)/b19-16+,24-22+,28-26+,32-30+. The first-order valence-corrected chi connectivity index (χ1v) is 26.4. The van der Waals surface area contributed by atoms with Crippen LogP contribution in [0.2, 0.25) is 0 Å². The molecule has 3 atom stereocenters. The zero-order chi connectivity index (χ0) is 44.5. The Morgan fingerprint density at radius 3 is 1.30 bits per heavy atom. The number of hydrogen-bond donors (Lipinski definition) is 3. The van der Waals surface area contributed by atoms with Crippen LogP contribution < -0.4 is 5.32 Å². The van der Waals surface area contributed by atoms with Crippen molar-refractivity contribution in [2.45, 2.75) is 283 Å². The highest BCUT2D eigenvalue weighted by Crippen LogP contribution is 2.18. The Kier molecular flexibility index (Phi) is 47.1. The van der Waals surface area contributed by atoms with Gasteiger partial charge in [0.15, 0.2) is 0 Å². The number of carbonyl (C=O) groups excluding carboxylic acids is 2. The summed E-state index contributed by atoms with van der Waals surface area (Å²) in [5.74, 6) is -0.504. The van der Waals surface area contributed by atoms with Crippen molar-refractivity contribution in [1.29, 1.82) is 0 Å². The van der Waals surface area contributed by atoms with Gasteiger partial charge in [-0.3, -0.25) is 9.59 Å². The number of hydrogen-bond acceptors (Lipinski definition) is 5. The van der Waals surface area contributed by atoms with Crippen molar-refractivity contribution >= 4 is 11.9 Å². The molecule has 0 radical (unpaired) electrons. The number of nitrogens with one attached hydrogen (secondary N) is 1. The second kappa shape index (κ2) is 48.8. The van der Waals surface area contributed by atoms with Crippen molar-refractivity contribution in [2.75, 3.05) is 6.61 Å². The van der Waals surface area contributed by atoms with Crippen LogP contribution in [0.15, 0.2) is 48.6 Å². The average molecular weight is 856 g/mol. The maximum atomic E-state index is 13.2. The molecule has 0 saturated carbocycles. The van der Waals surface area contributed by atoms with E-state index in [4.69, 9.17) is 4.74 Å². The van der Waals surface area contributed by atoms with Gasteiger partial charge in [0.25, 0.3) is 0 Å². The first kappa shape index (κ1) is 58.8. The van der Waals surface area contributed by atoms with E-state index in [0.717, 1.165) is 70.6 Å². The number of aliphatic hydroxyl groups is 2. The summed E-state index contributed by atoms with van der Waals surface area (Å²) in [5, 5.41) is 23.7. The van der Waals surface area contributed by atoms with Crippen LogP contribution in [0.3, 0.4) is 0 Å². The van der Waals surface area contributed by atoms with Gasteiger partial charge in [0.2, 0.25) is 5.91 Å². The minimum atomic E-state index is -0.796. The molecule has 0 aromatic rings. The molecule has 0 aliphatic heterocycles. The fourth-order valence-electron chi connectivity index (χ4n) is 7.97. The number of esters is 1. The van der Waals surface area contributed by atoms with Crippen LogP contribution in [0.25, 0.3) is 0 Å². The second-order valence-corrected chi connectivity index (χ2v) is 18.0. The third-order valence-corrected chi connectivity index (χ3v) is 12.0. The summed E-state index contributed by atoms with van der Waals surface area (Å²) in [6.45, 7) is 6.43. The van der Waals surface area contributed by atoms with Gasteiger partial charge >= 0.3 is 5.97 Å². The lowest BCUT2D eigenvalue weighted by atomic mass is 10.0. The largest absolute Gasteiger partial charge is 0.462 e. The summed E-state index contributed by atoms with van der Waals surface area (Å²) in [7, 11) is 0. The minimum absolute atomic E-state index is 0.0539. The van der Waals surface area contributed by atoms with E-state index in [0.29, 0.717) is 19.3 Å². The van der Waals surface area contributed by atoms with E-state index < -0.39 is 18.2 Å². The third-order valence-electron chi connectivity index (χ3n) is 12.0. The van der Waals surface area contributed by atoms with Gasteiger partial charge < -0.3 is 20.3 Å². The van der Waals surface area contributed by atoms with Gasteiger partial charge in [0, 0.05) is 6.42 Å². The van der Waals surface area contributed by atoms with Gasteiger partial charge in [-0.05, 0) is 51.4 Å². The van der Waals surface area contributed by atoms with Crippen molar-refractivity contribution in [3.8, 4) is 0 Å². The Balaban J connectivity index is 4.64. The molecule has 6 nitrogen and oxygen atoms in total. The molecule has 0 saturated heterocycles. The van der Waals surface area contributed by atoms with Crippen LogP contribution >= 0.6 is 0 Å². The van der Waals surface area contributed by atoms with Crippen LogP contribution in [-0.2, 0) is 14.3 Å². The molecule has 0 rings (SSSR count). The molecular formula is C55H101NO5. The second-order valence-electron chi connectivity index (χ2n) is 18.0. The molecule has 0 spiro atoms. The lowest BCUT2D eigenvalue weighted by molar-refractivity contribution is -0.151. The van der Waals surface area contributed by atoms with Gasteiger partial charge in [-0.15, -0.1) is 0 Å². The minimum Gasteiger partial charge on any atom is -0.462 e. The summed E-state index contributed by atoms with van der Waals surface area (Å²) < 4.78 is 5.93. The number of rotatable bonds is 47. The van der Waals surface area contributed by atoms with Gasteiger partial charge in [0.1, 0.15) is 6.10 Å². The molecule has 3 unspecified atom stereocenters. The van der Waals surface area contributed by atoms with Crippen molar-refractivity contribution in [3.05, 3.63) is 48.6 Å². The Labute approximate surface area is 378 Å². The number of aliphatic hydroxyl groups excluding tert-OH is 2. The Morgan fingerprint density at radius 1 is 0.475 bits per heavy atom. The zero-order valence-electron chi connectivity index (χ0n) is 40.5. The molecule has 0 bridgehead atoms. The number of ether oxygens (including phenoxy) is 1. The van der Waals surface area contributed by atoms with Crippen molar-refractivity contribution < 1.29 is 24.5 Å². The summed E-state index contributed by atoms with van der Waals surface area (Å²) in [5.41, 5.74) is 0. The van der Waals surface area contributed by atoms with E-state index in [-0.39, 0.29) is 24.9 Å². The fourth-order valence-corrected chi connectivity index (χ4v) is 7.97. The highest BCUT2D eigenvalue weighted by molar-refractivity contribution is 5.77. The van der Waals surface area contributed by atoms with Gasteiger partial charge in [-0.2, -0.15) is 0 Å². The fraction of sp³-hybridized carbons (Fsp3) is 0.818. The zero-order valence-corrected chi connectivity index (χ0v) is 40.5. The molecule has 6 heteroatoms. The molecule has 356 valence electrons. The number of allylic oxidation sites excluding steroid dienone is 8. The highest BCUT2D eigenvalue weighted by Gasteiger charge is 2.24. The molecule has 3 N–H and O–H groups in total. The van der Waals surface area contributed by atoms with Crippen molar-refractivity contribution in [2.24, 2.45) is 0 Å².